The van der Waals surface area contributed by atoms with Gasteiger partial charge in [-0.05, 0) is 192 Å². The Morgan fingerprint density at radius 3 is 2.32 bits per heavy atom. The SMILES string of the molecule is CC1CC(C2NC(C3=CCCCC3)NC(C3CC=C4SC5=CCCCC5C4C3)N2)C(N2C3=C(CCCC3)SC3C=CCCC32)CC1N1C2=C(CCCC2)C2CCCCC21. The second kappa shape index (κ2) is 16.6. The van der Waals surface area contributed by atoms with E-state index in [1.54, 1.807) is 26.0 Å². The predicted octanol–water partition coefficient (Wildman–Crippen LogP) is 12.0. The lowest BCUT2D eigenvalue weighted by Gasteiger charge is -2.59. The monoisotopic (exact) mass is 834 g/mol. The van der Waals surface area contributed by atoms with Gasteiger partial charge >= 0.3 is 0 Å². The van der Waals surface area contributed by atoms with Crippen molar-refractivity contribution in [3.05, 3.63) is 67.6 Å². The van der Waals surface area contributed by atoms with E-state index in [2.05, 4.69) is 86.6 Å². The number of nitrogens with one attached hydrogen (secondary N) is 3. The molecule has 2 saturated heterocycles. The normalized spacial score (nSPS) is 44.7. The fourth-order valence-electron chi connectivity index (χ4n) is 15.6. The highest BCUT2D eigenvalue weighted by Gasteiger charge is 2.54. The molecule has 4 heterocycles. The van der Waals surface area contributed by atoms with Crippen LogP contribution in [0, 0.1) is 35.5 Å². The number of thioether (sulfide) groups is 2. The highest BCUT2D eigenvalue weighted by molar-refractivity contribution is 8.07. The van der Waals surface area contributed by atoms with E-state index in [9.17, 15) is 0 Å². The second-order valence-electron chi connectivity index (χ2n) is 21.5. The summed E-state index contributed by atoms with van der Waals surface area (Å²) in [5.41, 5.74) is 7.26. The average Bonchev–Trinajstić information content (AvgIpc) is 3.84. The lowest BCUT2D eigenvalue weighted by Crippen LogP contribution is -2.74. The molecule has 0 aromatic rings. The number of rotatable bonds is 5. The van der Waals surface area contributed by atoms with Gasteiger partial charge in [-0.3, -0.25) is 16.0 Å². The fraction of sp³-hybridized carbons (Fsp3) is 0.769. The first kappa shape index (κ1) is 39.2. The largest absolute Gasteiger partial charge is 0.368 e. The summed E-state index contributed by atoms with van der Waals surface area (Å²) < 4.78 is 0. The highest BCUT2D eigenvalue weighted by Crippen LogP contribution is 2.58. The zero-order valence-corrected chi connectivity index (χ0v) is 38.0. The minimum atomic E-state index is 0.289. The Bertz CT molecular complexity index is 1810. The van der Waals surface area contributed by atoms with Crippen LogP contribution < -0.4 is 16.0 Å². The van der Waals surface area contributed by atoms with Crippen LogP contribution in [0.1, 0.15) is 167 Å². The van der Waals surface area contributed by atoms with E-state index in [4.69, 9.17) is 0 Å². The molecular weight excluding hydrogens is 759 g/mol. The van der Waals surface area contributed by atoms with E-state index in [1.165, 1.54) is 161 Å². The van der Waals surface area contributed by atoms with Gasteiger partial charge in [0, 0.05) is 57.6 Å². The van der Waals surface area contributed by atoms with Crippen LogP contribution in [0.25, 0.3) is 0 Å². The van der Waals surface area contributed by atoms with Crippen molar-refractivity contribution in [3.8, 4) is 0 Å². The Morgan fingerprint density at radius 2 is 1.39 bits per heavy atom. The van der Waals surface area contributed by atoms with Crippen LogP contribution in [0.3, 0.4) is 0 Å². The summed E-state index contributed by atoms with van der Waals surface area (Å²) in [5, 5.41) is 14.0. The minimum absolute atomic E-state index is 0.289. The Kier molecular flexibility index (Phi) is 11.1. The average molecular weight is 834 g/mol. The summed E-state index contributed by atoms with van der Waals surface area (Å²) in [7, 11) is 0. The predicted molar refractivity (Wildman–Crippen MR) is 248 cm³/mol. The topological polar surface area (TPSA) is 42.6 Å². The summed E-state index contributed by atoms with van der Waals surface area (Å²) in [4.78, 5) is 11.6. The molecule has 59 heavy (non-hydrogen) atoms. The third kappa shape index (κ3) is 7.07. The molecule has 0 bridgehead atoms. The molecule has 3 N–H and O–H groups in total. The second-order valence-corrected chi connectivity index (χ2v) is 24.0. The van der Waals surface area contributed by atoms with Crippen LogP contribution in [-0.4, -0.2) is 57.7 Å². The van der Waals surface area contributed by atoms with E-state index in [0.717, 1.165) is 23.8 Å². The van der Waals surface area contributed by atoms with Crippen LogP contribution in [0.15, 0.2) is 67.6 Å². The molecule has 320 valence electrons. The van der Waals surface area contributed by atoms with Gasteiger partial charge in [0.1, 0.15) is 0 Å². The Hall–Kier alpha value is -1.38. The summed E-state index contributed by atoms with van der Waals surface area (Å²) in [6.45, 7) is 2.72. The van der Waals surface area contributed by atoms with Crippen molar-refractivity contribution < 1.29 is 0 Å². The van der Waals surface area contributed by atoms with Crippen LogP contribution >= 0.6 is 23.5 Å². The molecule has 0 spiro atoms. The quantitative estimate of drug-likeness (QED) is 0.238. The van der Waals surface area contributed by atoms with Crippen LogP contribution in [0.5, 0.6) is 0 Å². The summed E-state index contributed by atoms with van der Waals surface area (Å²) in [6.07, 6.45) is 48.0. The van der Waals surface area contributed by atoms with E-state index < -0.39 is 0 Å². The number of nitrogens with zero attached hydrogens (tertiary/aromatic N) is 2. The third-order valence-corrected chi connectivity index (χ3v) is 21.2. The molecule has 14 atom stereocenters. The molecule has 8 aliphatic carbocycles. The highest BCUT2D eigenvalue weighted by atomic mass is 32.2. The minimum Gasteiger partial charge on any atom is -0.368 e. The maximum atomic E-state index is 4.54. The maximum absolute atomic E-state index is 4.54. The lowest BCUT2D eigenvalue weighted by molar-refractivity contribution is -0.0244. The molecule has 0 radical (unpaired) electrons. The van der Waals surface area contributed by atoms with Gasteiger partial charge in [0.15, 0.2) is 0 Å². The first-order valence-electron chi connectivity index (χ1n) is 25.5. The molecule has 4 aliphatic heterocycles. The zero-order chi connectivity index (χ0) is 39.0. The van der Waals surface area contributed by atoms with Crippen molar-refractivity contribution in [2.75, 3.05) is 0 Å². The summed E-state index contributed by atoms with van der Waals surface area (Å²) in [6, 6.07) is 2.66. The van der Waals surface area contributed by atoms with Crippen LogP contribution in [-0.2, 0) is 0 Å². The molecule has 2 saturated carbocycles. The van der Waals surface area contributed by atoms with Gasteiger partial charge in [-0.2, -0.15) is 0 Å². The van der Waals surface area contributed by atoms with E-state index in [0.29, 0.717) is 53.5 Å². The lowest BCUT2D eigenvalue weighted by atomic mass is 9.70. The molecule has 0 amide bonds. The molecule has 14 unspecified atom stereocenters. The smallest absolute Gasteiger partial charge is 0.0818 e. The van der Waals surface area contributed by atoms with E-state index in [1.807, 2.05) is 11.3 Å². The maximum Gasteiger partial charge on any atom is 0.0818 e. The number of hydrogen-bond donors (Lipinski definition) is 3. The number of hydrogen-bond acceptors (Lipinski definition) is 7. The third-order valence-electron chi connectivity index (χ3n) is 18.3. The molecular formula is C52H75N5S2. The number of allylic oxidation sites excluding steroid dienone is 9. The first-order chi connectivity index (χ1) is 29.2. The Balaban J connectivity index is 0.916. The van der Waals surface area contributed by atoms with Gasteiger partial charge in [0.25, 0.3) is 0 Å². The van der Waals surface area contributed by atoms with Gasteiger partial charge in [0.2, 0.25) is 0 Å². The van der Waals surface area contributed by atoms with Crippen molar-refractivity contribution in [2.24, 2.45) is 35.5 Å². The number of fused-ring (bicyclic) bond motifs is 6. The van der Waals surface area contributed by atoms with Crippen molar-refractivity contribution >= 4 is 23.5 Å². The molecule has 0 aromatic carbocycles. The summed E-state index contributed by atoms with van der Waals surface area (Å²) >= 11 is 4.46. The van der Waals surface area contributed by atoms with E-state index in [-0.39, 0.29) is 6.17 Å². The molecule has 12 aliphatic rings. The van der Waals surface area contributed by atoms with E-state index >= 15 is 0 Å². The standard InChI is InChI=1S/C52H75N5S2/c1-32-29-39(52-54-50(33-15-3-2-4-16-33)53-51(55-52)34-27-28-47-38(30-34)37-19-7-12-24-46(37)58-47)45(57-42-22-10-13-25-48(42)59-49-26-14-11-23-43(49)57)31-44(32)56-40-20-8-5-17-35(40)36-18-6-9-21-41(36)56/h13,15,24-25,28,32,34-35,37-40,42,44-45,48,50-55H,2-12,14,16-23,26-27,29-31H2,1H3. The Morgan fingerprint density at radius 1 is 0.593 bits per heavy atom. The van der Waals surface area contributed by atoms with Crippen LogP contribution in [0.4, 0.5) is 0 Å². The van der Waals surface area contributed by atoms with Gasteiger partial charge in [-0.15, -0.1) is 11.8 Å². The van der Waals surface area contributed by atoms with Crippen molar-refractivity contribution in [1.82, 2.24) is 25.8 Å². The van der Waals surface area contributed by atoms with Crippen LogP contribution in [0.2, 0.25) is 0 Å². The summed E-state index contributed by atoms with van der Waals surface area (Å²) in [5.74, 6) is 4.32. The van der Waals surface area contributed by atoms with Crippen molar-refractivity contribution in [3.63, 3.8) is 0 Å². The molecule has 12 rings (SSSR count). The molecule has 5 nitrogen and oxygen atoms in total. The molecule has 7 heteroatoms. The van der Waals surface area contributed by atoms with Crippen molar-refractivity contribution in [2.45, 2.75) is 215 Å². The first-order valence-corrected chi connectivity index (χ1v) is 27.2. The van der Waals surface area contributed by atoms with Gasteiger partial charge in [-0.25, -0.2) is 0 Å². The zero-order valence-electron chi connectivity index (χ0n) is 36.4. The molecule has 4 fully saturated rings. The van der Waals surface area contributed by atoms with Crippen molar-refractivity contribution in [1.29, 1.82) is 0 Å². The van der Waals surface area contributed by atoms with Gasteiger partial charge in [0.05, 0.1) is 18.5 Å². The fourth-order valence-corrected chi connectivity index (χ4v) is 18.7. The van der Waals surface area contributed by atoms with Gasteiger partial charge < -0.3 is 9.80 Å². The molecule has 0 aromatic heterocycles. The van der Waals surface area contributed by atoms with Gasteiger partial charge in [-0.1, -0.05) is 61.9 Å². The Labute approximate surface area is 366 Å².